The highest BCUT2D eigenvalue weighted by atomic mass is 16.1. The summed E-state index contributed by atoms with van der Waals surface area (Å²) < 4.78 is 1.65. The van der Waals surface area contributed by atoms with Crippen LogP contribution in [0.3, 0.4) is 0 Å². The number of guanidine groups is 1. The Bertz CT molecular complexity index is 887. The van der Waals surface area contributed by atoms with Gasteiger partial charge >= 0.3 is 0 Å². The lowest BCUT2D eigenvalue weighted by molar-refractivity contribution is 0.100. The van der Waals surface area contributed by atoms with Crippen molar-refractivity contribution in [3.63, 3.8) is 0 Å². The Labute approximate surface area is 126 Å². The van der Waals surface area contributed by atoms with Crippen LogP contribution in [0.1, 0.15) is 16.1 Å². The van der Waals surface area contributed by atoms with E-state index >= 15 is 0 Å². The number of carbonyl (C=O) groups is 1. The summed E-state index contributed by atoms with van der Waals surface area (Å²) in [6, 6.07) is 7.70. The van der Waals surface area contributed by atoms with Crippen LogP contribution >= 0.6 is 0 Å². The molecule has 7 heteroatoms. The maximum absolute atomic E-state index is 12.0. The van der Waals surface area contributed by atoms with Gasteiger partial charge in [-0.25, -0.2) is 4.68 Å². The lowest BCUT2D eigenvalue weighted by Crippen LogP contribution is -2.24. The first-order valence-electron chi connectivity index (χ1n) is 6.59. The number of pyridine rings is 1. The zero-order valence-electron chi connectivity index (χ0n) is 11.9. The highest BCUT2D eigenvalue weighted by Gasteiger charge is 2.14. The standard InChI is InChI=1S/C15H14N6O/c1-9-12(14(22)19-15(16)17)8-21(20-9)13-4-2-3-10-7-18-6-5-11(10)13/h2-8H,1H3,(H4,16,17,19,22). The molecule has 0 aliphatic carbocycles. The van der Waals surface area contributed by atoms with Crippen LogP contribution in [0.15, 0.2) is 47.8 Å². The molecule has 1 amide bonds. The predicted molar refractivity (Wildman–Crippen MR) is 83.7 cm³/mol. The van der Waals surface area contributed by atoms with Gasteiger partial charge in [0, 0.05) is 29.4 Å². The number of fused-ring (bicyclic) bond motifs is 1. The number of aromatic nitrogens is 3. The second-order valence-corrected chi connectivity index (χ2v) is 4.79. The van der Waals surface area contributed by atoms with Gasteiger partial charge < -0.3 is 11.5 Å². The number of carbonyl (C=O) groups excluding carboxylic acids is 1. The van der Waals surface area contributed by atoms with Gasteiger partial charge in [-0.15, -0.1) is 0 Å². The van der Waals surface area contributed by atoms with Crippen LogP contribution in [0, 0.1) is 6.92 Å². The molecule has 7 nitrogen and oxygen atoms in total. The van der Waals surface area contributed by atoms with E-state index in [0.717, 1.165) is 16.5 Å². The molecule has 2 aromatic heterocycles. The van der Waals surface area contributed by atoms with Gasteiger partial charge in [0.2, 0.25) is 0 Å². The Morgan fingerprint density at radius 2 is 2.09 bits per heavy atom. The molecule has 2 heterocycles. The monoisotopic (exact) mass is 294 g/mol. The van der Waals surface area contributed by atoms with E-state index in [1.807, 2.05) is 24.3 Å². The van der Waals surface area contributed by atoms with Gasteiger partial charge in [0.05, 0.1) is 16.9 Å². The molecule has 0 saturated carbocycles. The largest absolute Gasteiger partial charge is 0.370 e. The van der Waals surface area contributed by atoms with E-state index in [2.05, 4.69) is 15.1 Å². The number of nitrogens with zero attached hydrogens (tertiary/aromatic N) is 4. The van der Waals surface area contributed by atoms with Crippen LogP contribution in [-0.2, 0) is 0 Å². The number of rotatable bonds is 2. The van der Waals surface area contributed by atoms with Gasteiger partial charge in [0.1, 0.15) is 0 Å². The molecule has 0 unspecified atom stereocenters. The van der Waals surface area contributed by atoms with Crippen molar-refractivity contribution in [1.82, 2.24) is 14.8 Å². The van der Waals surface area contributed by atoms with Crippen molar-refractivity contribution < 1.29 is 4.79 Å². The first-order chi connectivity index (χ1) is 10.6. The Balaban J connectivity index is 2.13. The fourth-order valence-corrected chi connectivity index (χ4v) is 2.28. The van der Waals surface area contributed by atoms with Crippen molar-refractivity contribution in [1.29, 1.82) is 0 Å². The van der Waals surface area contributed by atoms with Crippen LogP contribution in [0.5, 0.6) is 0 Å². The summed E-state index contributed by atoms with van der Waals surface area (Å²) in [7, 11) is 0. The molecule has 0 bridgehead atoms. The smallest absolute Gasteiger partial charge is 0.283 e. The van der Waals surface area contributed by atoms with Crippen molar-refractivity contribution in [3.8, 4) is 5.69 Å². The van der Waals surface area contributed by atoms with E-state index in [1.165, 1.54) is 0 Å². The van der Waals surface area contributed by atoms with Gasteiger partial charge in [0.25, 0.3) is 5.91 Å². The molecular formula is C15H14N6O. The van der Waals surface area contributed by atoms with Gasteiger partial charge in [0.15, 0.2) is 5.96 Å². The van der Waals surface area contributed by atoms with Crippen LogP contribution in [0.2, 0.25) is 0 Å². The highest BCUT2D eigenvalue weighted by molar-refractivity contribution is 6.02. The minimum atomic E-state index is -0.509. The summed E-state index contributed by atoms with van der Waals surface area (Å²) >= 11 is 0. The number of aryl methyl sites for hydroxylation is 1. The summed E-state index contributed by atoms with van der Waals surface area (Å²) in [6.07, 6.45) is 5.12. The minimum Gasteiger partial charge on any atom is -0.370 e. The van der Waals surface area contributed by atoms with Gasteiger partial charge in [-0.05, 0) is 19.1 Å². The number of amides is 1. The predicted octanol–water partition coefficient (Wildman–Crippen LogP) is 1.14. The van der Waals surface area contributed by atoms with Gasteiger partial charge in [-0.1, -0.05) is 12.1 Å². The molecule has 3 aromatic rings. The lowest BCUT2D eigenvalue weighted by atomic mass is 10.1. The second-order valence-electron chi connectivity index (χ2n) is 4.79. The molecule has 0 atom stereocenters. The molecule has 1 aromatic carbocycles. The van der Waals surface area contributed by atoms with E-state index in [9.17, 15) is 4.79 Å². The minimum absolute atomic E-state index is 0.270. The first-order valence-corrected chi connectivity index (χ1v) is 6.59. The summed E-state index contributed by atoms with van der Waals surface area (Å²) in [5, 5.41) is 6.36. The highest BCUT2D eigenvalue weighted by Crippen LogP contribution is 2.22. The Kier molecular flexibility index (Phi) is 3.30. The molecule has 0 aliphatic rings. The van der Waals surface area contributed by atoms with E-state index in [4.69, 9.17) is 11.5 Å². The molecule has 0 aliphatic heterocycles. The Morgan fingerprint density at radius 3 is 2.86 bits per heavy atom. The van der Waals surface area contributed by atoms with Crippen LogP contribution in [0.4, 0.5) is 0 Å². The molecular weight excluding hydrogens is 280 g/mol. The molecule has 110 valence electrons. The van der Waals surface area contributed by atoms with E-state index < -0.39 is 5.91 Å². The summed E-state index contributed by atoms with van der Waals surface area (Å²) in [6.45, 7) is 1.73. The number of nitrogens with two attached hydrogens (primary N) is 2. The molecule has 22 heavy (non-hydrogen) atoms. The average molecular weight is 294 g/mol. The van der Waals surface area contributed by atoms with E-state index in [1.54, 1.807) is 30.2 Å². The third-order valence-electron chi connectivity index (χ3n) is 3.26. The summed E-state index contributed by atoms with van der Waals surface area (Å²) in [5.74, 6) is -0.779. The Morgan fingerprint density at radius 1 is 1.27 bits per heavy atom. The van der Waals surface area contributed by atoms with Crippen LogP contribution in [0.25, 0.3) is 16.5 Å². The quantitative estimate of drug-likeness (QED) is 0.543. The molecule has 0 fully saturated rings. The van der Waals surface area contributed by atoms with E-state index in [-0.39, 0.29) is 5.96 Å². The molecule has 3 rings (SSSR count). The van der Waals surface area contributed by atoms with E-state index in [0.29, 0.717) is 11.3 Å². The number of hydrogen-bond acceptors (Lipinski definition) is 3. The van der Waals surface area contributed by atoms with Gasteiger partial charge in [-0.2, -0.15) is 10.1 Å². The topological polar surface area (TPSA) is 112 Å². The molecule has 0 spiro atoms. The molecule has 0 saturated heterocycles. The van der Waals surface area contributed by atoms with Crippen molar-refractivity contribution in [2.24, 2.45) is 16.5 Å². The van der Waals surface area contributed by atoms with Crippen LogP contribution < -0.4 is 11.5 Å². The zero-order chi connectivity index (χ0) is 15.7. The SMILES string of the molecule is Cc1nn(-c2cccc3cnccc23)cc1C(=O)N=C(N)N. The van der Waals surface area contributed by atoms with Gasteiger partial charge in [-0.3, -0.25) is 9.78 Å². The zero-order valence-corrected chi connectivity index (χ0v) is 11.9. The number of benzene rings is 1. The van der Waals surface area contributed by atoms with Crippen molar-refractivity contribution in [2.75, 3.05) is 0 Å². The first kappa shape index (κ1) is 13.7. The molecule has 4 N–H and O–H groups in total. The Hall–Kier alpha value is -3.22. The lowest BCUT2D eigenvalue weighted by Gasteiger charge is -2.05. The second kappa shape index (κ2) is 5.28. The normalized spacial score (nSPS) is 10.6. The average Bonchev–Trinajstić information content (AvgIpc) is 2.88. The third kappa shape index (κ3) is 2.39. The number of hydrogen-bond donors (Lipinski definition) is 2. The number of aliphatic imine (C=N–C) groups is 1. The fourth-order valence-electron chi connectivity index (χ4n) is 2.28. The van der Waals surface area contributed by atoms with Crippen LogP contribution in [-0.4, -0.2) is 26.6 Å². The third-order valence-corrected chi connectivity index (χ3v) is 3.26. The van der Waals surface area contributed by atoms with Crippen molar-refractivity contribution >= 4 is 22.6 Å². The van der Waals surface area contributed by atoms with Crippen molar-refractivity contribution in [3.05, 3.63) is 54.1 Å². The summed E-state index contributed by atoms with van der Waals surface area (Å²) in [5.41, 5.74) is 12.3. The fraction of sp³-hybridized carbons (Fsp3) is 0.0667. The maximum Gasteiger partial charge on any atom is 0.283 e. The maximum atomic E-state index is 12.0. The summed E-state index contributed by atoms with van der Waals surface area (Å²) in [4.78, 5) is 19.6. The molecule has 0 radical (unpaired) electrons. The van der Waals surface area contributed by atoms with Crippen molar-refractivity contribution in [2.45, 2.75) is 6.92 Å².